The lowest BCUT2D eigenvalue weighted by atomic mass is 9.69. The second-order valence-electron chi connectivity index (χ2n) is 3.83. The SMILES string of the molecule is COC(=O)[C@@H]1NC[C@]12CCO[C@H]2C. The van der Waals surface area contributed by atoms with Crippen LogP contribution in [-0.2, 0) is 14.3 Å². The first-order valence-electron chi connectivity index (χ1n) is 4.63. The molecule has 0 amide bonds. The van der Waals surface area contributed by atoms with E-state index in [1.807, 2.05) is 6.92 Å². The van der Waals surface area contributed by atoms with Crippen LogP contribution in [0.3, 0.4) is 0 Å². The first-order chi connectivity index (χ1) is 6.20. The smallest absolute Gasteiger partial charge is 0.323 e. The van der Waals surface area contributed by atoms with Crippen LogP contribution in [0.2, 0.25) is 0 Å². The molecule has 2 heterocycles. The van der Waals surface area contributed by atoms with E-state index >= 15 is 0 Å². The minimum atomic E-state index is -0.163. The van der Waals surface area contributed by atoms with Gasteiger partial charge in [0.2, 0.25) is 0 Å². The van der Waals surface area contributed by atoms with E-state index in [-0.39, 0.29) is 23.5 Å². The Balaban J connectivity index is 2.11. The standard InChI is InChI=1S/C9H15NO3/c1-6-9(3-4-13-6)5-10-7(9)8(11)12-2/h6-7,10H,3-5H2,1-2H3/t6-,7-,9-/m0/s1. The quantitative estimate of drug-likeness (QED) is 0.581. The molecule has 0 aromatic heterocycles. The lowest BCUT2D eigenvalue weighted by molar-refractivity contribution is -0.154. The van der Waals surface area contributed by atoms with Gasteiger partial charge in [0.1, 0.15) is 6.04 Å². The molecule has 1 N–H and O–H groups in total. The van der Waals surface area contributed by atoms with Crippen molar-refractivity contribution in [3.63, 3.8) is 0 Å². The molecular weight excluding hydrogens is 170 g/mol. The van der Waals surface area contributed by atoms with E-state index in [9.17, 15) is 4.79 Å². The fraction of sp³-hybridized carbons (Fsp3) is 0.889. The second-order valence-corrected chi connectivity index (χ2v) is 3.83. The number of methoxy groups -OCH3 is 1. The number of hydrogen-bond donors (Lipinski definition) is 1. The van der Waals surface area contributed by atoms with Gasteiger partial charge in [-0.15, -0.1) is 0 Å². The Morgan fingerprint density at radius 3 is 2.85 bits per heavy atom. The van der Waals surface area contributed by atoms with Gasteiger partial charge in [0.05, 0.1) is 13.2 Å². The highest BCUT2D eigenvalue weighted by atomic mass is 16.5. The predicted octanol–water partition coefficient (Wildman–Crippen LogP) is -0.0736. The van der Waals surface area contributed by atoms with Crippen molar-refractivity contribution in [1.82, 2.24) is 5.32 Å². The third-order valence-corrected chi connectivity index (χ3v) is 3.39. The molecule has 3 atom stereocenters. The maximum absolute atomic E-state index is 11.4. The molecule has 2 aliphatic rings. The zero-order valence-corrected chi connectivity index (χ0v) is 8.00. The summed E-state index contributed by atoms with van der Waals surface area (Å²) in [4.78, 5) is 11.4. The average Bonchev–Trinajstić information content (AvgIpc) is 2.47. The van der Waals surface area contributed by atoms with Gasteiger partial charge < -0.3 is 14.8 Å². The van der Waals surface area contributed by atoms with Crippen molar-refractivity contribution in [1.29, 1.82) is 0 Å². The van der Waals surface area contributed by atoms with Crippen LogP contribution in [0.15, 0.2) is 0 Å². The van der Waals surface area contributed by atoms with Gasteiger partial charge in [-0.3, -0.25) is 4.79 Å². The van der Waals surface area contributed by atoms with Crippen molar-refractivity contribution in [3.8, 4) is 0 Å². The highest BCUT2D eigenvalue weighted by Gasteiger charge is 2.57. The summed E-state index contributed by atoms with van der Waals surface area (Å²) < 4.78 is 10.2. The number of ether oxygens (including phenoxy) is 2. The first-order valence-corrected chi connectivity index (χ1v) is 4.63. The summed E-state index contributed by atoms with van der Waals surface area (Å²) in [5.41, 5.74) is 0.00704. The molecule has 2 aliphatic heterocycles. The van der Waals surface area contributed by atoms with Crippen LogP contribution in [0.1, 0.15) is 13.3 Å². The molecule has 2 saturated heterocycles. The van der Waals surface area contributed by atoms with Crippen LogP contribution in [0.5, 0.6) is 0 Å². The maximum Gasteiger partial charge on any atom is 0.323 e. The van der Waals surface area contributed by atoms with Crippen molar-refractivity contribution in [2.45, 2.75) is 25.5 Å². The zero-order valence-electron chi connectivity index (χ0n) is 8.00. The Bertz CT molecular complexity index is 231. The Morgan fingerprint density at radius 1 is 1.69 bits per heavy atom. The van der Waals surface area contributed by atoms with Gasteiger partial charge in [-0.2, -0.15) is 0 Å². The molecule has 74 valence electrons. The largest absolute Gasteiger partial charge is 0.468 e. The summed E-state index contributed by atoms with van der Waals surface area (Å²) >= 11 is 0. The molecule has 1 spiro atoms. The second kappa shape index (κ2) is 2.96. The summed E-state index contributed by atoms with van der Waals surface area (Å²) in [7, 11) is 1.43. The summed E-state index contributed by atoms with van der Waals surface area (Å²) in [6, 6.07) is -0.157. The molecule has 0 aromatic rings. The minimum absolute atomic E-state index is 0.00704. The number of hydrogen-bond acceptors (Lipinski definition) is 4. The summed E-state index contributed by atoms with van der Waals surface area (Å²) in [6.07, 6.45) is 1.12. The van der Waals surface area contributed by atoms with Crippen molar-refractivity contribution >= 4 is 5.97 Å². The zero-order chi connectivity index (χ0) is 9.47. The topological polar surface area (TPSA) is 47.6 Å². The Morgan fingerprint density at radius 2 is 2.46 bits per heavy atom. The highest BCUT2D eigenvalue weighted by Crippen LogP contribution is 2.43. The Kier molecular flexibility index (Phi) is 2.04. The van der Waals surface area contributed by atoms with Crippen LogP contribution in [-0.4, -0.2) is 38.4 Å². The molecule has 0 aromatic carbocycles. The van der Waals surface area contributed by atoms with Gasteiger partial charge >= 0.3 is 5.97 Å². The van der Waals surface area contributed by atoms with E-state index in [2.05, 4.69) is 5.32 Å². The van der Waals surface area contributed by atoms with Gasteiger partial charge in [0.15, 0.2) is 0 Å². The molecule has 0 bridgehead atoms. The minimum Gasteiger partial charge on any atom is -0.468 e. The maximum atomic E-state index is 11.4. The molecule has 2 fully saturated rings. The predicted molar refractivity (Wildman–Crippen MR) is 46.3 cm³/mol. The van der Waals surface area contributed by atoms with Gasteiger partial charge in [0.25, 0.3) is 0 Å². The van der Waals surface area contributed by atoms with Crippen LogP contribution in [0.25, 0.3) is 0 Å². The number of carbonyl (C=O) groups excluding carboxylic acids is 1. The van der Waals surface area contributed by atoms with Crippen LogP contribution in [0.4, 0.5) is 0 Å². The third kappa shape index (κ3) is 1.09. The summed E-state index contributed by atoms with van der Waals surface area (Å²) in [6.45, 7) is 3.66. The normalized spacial score (nSPS) is 43.2. The third-order valence-electron chi connectivity index (χ3n) is 3.39. The van der Waals surface area contributed by atoms with Gasteiger partial charge in [-0.05, 0) is 13.3 Å². The van der Waals surface area contributed by atoms with Crippen LogP contribution < -0.4 is 5.32 Å². The van der Waals surface area contributed by atoms with Crippen molar-refractivity contribution in [2.24, 2.45) is 5.41 Å². The number of nitrogens with one attached hydrogen (secondary N) is 1. The highest BCUT2D eigenvalue weighted by molar-refractivity contribution is 5.78. The molecule has 13 heavy (non-hydrogen) atoms. The first kappa shape index (κ1) is 8.97. The lowest BCUT2D eigenvalue weighted by Gasteiger charge is -2.47. The van der Waals surface area contributed by atoms with Crippen molar-refractivity contribution in [2.75, 3.05) is 20.3 Å². The van der Waals surface area contributed by atoms with E-state index < -0.39 is 0 Å². The average molecular weight is 185 g/mol. The van der Waals surface area contributed by atoms with Crippen molar-refractivity contribution in [3.05, 3.63) is 0 Å². The van der Waals surface area contributed by atoms with E-state index in [4.69, 9.17) is 9.47 Å². The molecule has 4 nitrogen and oxygen atoms in total. The lowest BCUT2D eigenvalue weighted by Crippen LogP contribution is -2.68. The molecule has 4 heteroatoms. The number of esters is 1. The molecule has 0 radical (unpaired) electrons. The molecule has 2 rings (SSSR count). The van der Waals surface area contributed by atoms with Gasteiger partial charge in [-0.25, -0.2) is 0 Å². The number of rotatable bonds is 1. The summed E-state index contributed by atoms with van der Waals surface area (Å²) in [5.74, 6) is -0.163. The van der Waals surface area contributed by atoms with Gasteiger partial charge in [-0.1, -0.05) is 0 Å². The number of carbonyl (C=O) groups is 1. The fourth-order valence-corrected chi connectivity index (χ4v) is 2.31. The van der Waals surface area contributed by atoms with Crippen LogP contribution >= 0.6 is 0 Å². The fourth-order valence-electron chi connectivity index (χ4n) is 2.31. The summed E-state index contributed by atoms with van der Waals surface area (Å²) in [5, 5.41) is 3.10. The van der Waals surface area contributed by atoms with Crippen molar-refractivity contribution < 1.29 is 14.3 Å². The molecule has 0 aliphatic carbocycles. The monoisotopic (exact) mass is 185 g/mol. The molecule has 0 saturated carbocycles. The van der Waals surface area contributed by atoms with E-state index in [0.29, 0.717) is 0 Å². The Labute approximate surface area is 77.6 Å². The molecule has 0 unspecified atom stereocenters. The van der Waals surface area contributed by atoms with E-state index in [1.54, 1.807) is 0 Å². The van der Waals surface area contributed by atoms with E-state index in [1.165, 1.54) is 7.11 Å². The van der Waals surface area contributed by atoms with E-state index in [0.717, 1.165) is 19.6 Å². The Hall–Kier alpha value is -0.610. The van der Waals surface area contributed by atoms with Crippen LogP contribution in [0, 0.1) is 5.41 Å². The molecular formula is C9H15NO3. The van der Waals surface area contributed by atoms with Gasteiger partial charge in [0, 0.05) is 18.6 Å².